The molecule has 2 aromatic rings. The average Bonchev–Trinajstić information content (AvgIpc) is 3.05. The highest BCUT2D eigenvalue weighted by atomic mass is 32.2. The monoisotopic (exact) mass is 347 g/mol. The molecule has 2 rings (SSSR count). The first-order chi connectivity index (χ1) is 9.85. The van der Waals surface area contributed by atoms with Gasteiger partial charge >= 0.3 is 5.97 Å². The first-order valence-electron chi connectivity index (χ1n) is 5.81. The molecule has 2 heterocycles. The summed E-state index contributed by atoms with van der Waals surface area (Å²) >= 11 is 2.27. The van der Waals surface area contributed by atoms with Crippen molar-refractivity contribution < 1.29 is 17.9 Å². The summed E-state index contributed by atoms with van der Waals surface area (Å²) in [4.78, 5) is 20.4. The van der Waals surface area contributed by atoms with Crippen LogP contribution in [-0.4, -0.2) is 31.5 Å². The molecule has 0 spiro atoms. The second-order valence-electron chi connectivity index (χ2n) is 4.13. The van der Waals surface area contributed by atoms with E-state index in [1.165, 1.54) is 24.0 Å². The molecule has 1 unspecified atom stereocenters. The summed E-state index contributed by atoms with van der Waals surface area (Å²) in [6, 6.07) is -0.499. The van der Waals surface area contributed by atoms with E-state index in [0.29, 0.717) is 5.01 Å². The van der Waals surface area contributed by atoms with Gasteiger partial charge in [0.1, 0.15) is 5.01 Å². The lowest BCUT2D eigenvalue weighted by atomic mass is 10.4. The van der Waals surface area contributed by atoms with Gasteiger partial charge in [0.05, 0.1) is 18.7 Å². The molecule has 114 valence electrons. The summed E-state index contributed by atoms with van der Waals surface area (Å²) in [6.07, 6.45) is 1.68. The number of carbonyl (C=O) groups is 1. The highest BCUT2D eigenvalue weighted by molar-refractivity contribution is 7.91. The third-order valence-electron chi connectivity index (χ3n) is 2.50. The number of methoxy groups -OCH3 is 1. The van der Waals surface area contributed by atoms with Crippen molar-refractivity contribution in [1.82, 2.24) is 14.7 Å². The van der Waals surface area contributed by atoms with E-state index in [-0.39, 0.29) is 9.90 Å². The fourth-order valence-electron chi connectivity index (χ4n) is 1.57. The number of sulfonamides is 1. The Morgan fingerprint density at radius 3 is 2.71 bits per heavy atom. The molecule has 1 atom stereocenters. The Bertz CT molecular complexity index is 750. The van der Waals surface area contributed by atoms with Gasteiger partial charge in [0.15, 0.2) is 9.90 Å². The fourth-order valence-corrected chi connectivity index (χ4v) is 4.78. The van der Waals surface area contributed by atoms with E-state index in [0.717, 1.165) is 16.2 Å². The number of hydrogen-bond donors (Lipinski definition) is 1. The second kappa shape index (κ2) is 6.18. The molecule has 0 bridgehead atoms. The van der Waals surface area contributed by atoms with Gasteiger partial charge in [0.2, 0.25) is 0 Å². The largest absolute Gasteiger partial charge is 0.464 e. The maximum atomic E-state index is 12.4. The van der Waals surface area contributed by atoms with Crippen LogP contribution in [0.25, 0.3) is 0 Å². The normalized spacial score (nSPS) is 13.1. The van der Waals surface area contributed by atoms with E-state index in [9.17, 15) is 13.2 Å². The van der Waals surface area contributed by atoms with E-state index >= 15 is 0 Å². The predicted molar refractivity (Wildman–Crippen MR) is 79.0 cm³/mol. The number of aryl methyl sites for hydroxylation is 1. The van der Waals surface area contributed by atoms with Gasteiger partial charge in [-0.2, -0.15) is 0 Å². The fraction of sp³-hybridized carbons (Fsp3) is 0.364. The molecule has 0 saturated heterocycles. The molecule has 21 heavy (non-hydrogen) atoms. The number of hydrogen-bond acceptors (Lipinski definition) is 8. The number of thiazole rings is 2. The van der Waals surface area contributed by atoms with Crippen molar-refractivity contribution in [2.75, 3.05) is 7.11 Å². The number of esters is 1. The van der Waals surface area contributed by atoms with Crippen LogP contribution in [0.1, 0.15) is 33.3 Å². The molecule has 0 aliphatic heterocycles. The lowest BCUT2D eigenvalue weighted by Crippen LogP contribution is -2.27. The summed E-state index contributed by atoms with van der Waals surface area (Å²) < 4.78 is 31.6. The molecule has 7 nitrogen and oxygen atoms in total. The zero-order chi connectivity index (χ0) is 15.6. The molecular formula is C11H13N3O4S3. The van der Waals surface area contributed by atoms with Crippen LogP contribution in [0.2, 0.25) is 0 Å². The zero-order valence-corrected chi connectivity index (χ0v) is 13.9. The first-order valence-corrected chi connectivity index (χ1v) is 8.99. The SMILES string of the molecule is COC(=O)c1ncsc1S(=O)(=O)NC(C)c1ncc(C)s1. The summed E-state index contributed by atoms with van der Waals surface area (Å²) in [6.45, 7) is 3.58. The molecule has 0 fully saturated rings. The molecule has 1 N–H and O–H groups in total. The van der Waals surface area contributed by atoms with E-state index in [4.69, 9.17) is 0 Å². The van der Waals surface area contributed by atoms with Gasteiger partial charge in [-0.05, 0) is 13.8 Å². The first kappa shape index (κ1) is 16.0. The Morgan fingerprint density at radius 2 is 2.14 bits per heavy atom. The van der Waals surface area contributed by atoms with Crippen molar-refractivity contribution >= 4 is 38.7 Å². The summed E-state index contributed by atoms with van der Waals surface area (Å²) in [5, 5.41) is 0.653. The highest BCUT2D eigenvalue weighted by Crippen LogP contribution is 2.25. The maximum Gasteiger partial charge on any atom is 0.358 e. The highest BCUT2D eigenvalue weighted by Gasteiger charge is 2.28. The van der Waals surface area contributed by atoms with E-state index in [1.807, 2.05) is 6.92 Å². The number of carbonyl (C=O) groups excluding carboxylic acids is 1. The Labute approximate surface area is 130 Å². The molecule has 10 heteroatoms. The van der Waals surface area contributed by atoms with Gasteiger partial charge in [0.25, 0.3) is 10.0 Å². The maximum absolute atomic E-state index is 12.4. The van der Waals surface area contributed by atoms with Crippen molar-refractivity contribution in [3.63, 3.8) is 0 Å². The van der Waals surface area contributed by atoms with Crippen molar-refractivity contribution in [3.8, 4) is 0 Å². The Balaban J connectivity index is 2.27. The second-order valence-corrected chi connectivity index (χ2v) is 8.16. The van der Waals surface area contributed by atoms with Crippen molar-refractivity contribution in [2.45, 2.75) is 24.1 Å². The number of nitrogens with one attached hydrogen (secondary N) is 1. The smallest absolute Gasteiger partial charge is 0.358 e. The summed E-state index contributed by atoms with van der Waals surface area (Å²) in [5.74, 6) is -0.783. The predicted octanol–water partition coefficient (Wildman–Crippen LogP) is 1.73. The molecule has 0 amide bonds. The van der Waals surface area contributed by atoms with E-state index in [1.54, 1.807) is 13.1 Å². The number of nitrogens with zero attached hydrogens (tertiary/aromatic N) is 2. The van der Waals surface area contributed by atoms with Crippen LogP contribution >= 0.6 is 22.7 Å². The van der Waals surface area contributed by atoms with Crippen molar-refractivity contribution in [2.24, 2.45) is 0 Å². The van der Waals surface area contributed by atoms with Crippen molar-refractivity contribution in [3.05, 3.63) is 27.3 Å². The quantitative estimate of drug-likeness (QED) is 0.827. The van der Waals surface area contributed by atoms with Crippen molar-refractivity contribution in [1.29, 1.82) is 0 Å². The van der Waals surface area contributed by atoms with Crippen LogP contribution in [0.4, 0.5) is 0 Å². The molecule has 0 aliphatic rings. The minimum absolute atomic E-state index is 0.158. The zero-order valence-electron chi connectivity index (χ0n) is 11.5. The molecule has 2 aromatic heterocycles. The lowest BCUT2D eigenvalue weighted by molar-refractivity contribution is 0.0590. The van der Waals surface area contributed by atoms with Crippen LogP contribution in [0.15, 0.2) is 15.9 Å². The van der Waals surface area contributed by atoms with Gasteiger partial charge in [0, 0.05) is 11.1 Å². The third-order valence-corrected chi connectivity index (χ3v) is 6.51. The average molecular weight is 347 g/mol. The molecule has 0 aliphatic carbocycles. The van der Waals surface area contributed by atoms with Crippen LogP contribution < -0.4 is 4.72 Å². The molecule has 0 saturated carbocycles. The van der Waals surface area contributed by atoms with Crippen LogP contribution in [0.3, 0.4) is 0 Å². The topological polar surface area (TPSA) is 98.2 Å². The number of ether oxygens (including phenoxy) is 1. The minimum Gasteiger partial charge on any atom is -0.464 e. The minimum atomic E-state index is -3.87. The van der Waals surface area contributed by atoms with E-state index in [2.05, 4.69) is 19.4 Å². The summed E-state index contributed by atoms with van der Waals surface area (Å²) in [5.41, 5.74) is 1.08. The van der Waals surface area contributed by atoms with Crippen LogP contribution in [0, 0.1) is 6.92 Å². The Hall–Kier alpha value is -1.36. The van der Waals surface area contributed by atoms with Crippen LogP contribution in [-0.2, 0) is 14.8 Å². The van der Waals surface area contributed by atoms with Gasteiger partial charge in [-0.25, -0.2) is 27.9 Å². The Kier molecular flexibility index (Phi) is 4.71. The van der Waals surface area contributed by atoms with Crippen LogP contribution in [0.5, 0.6) is 0 Å². The standard InChI is InChI=1S/C11H13N3O4S3/c1-6-4-12-9(20-6)7(2)14-21(16,17)11-8(10(15)18-3)13-5-19-11/h4-5,7,14H,1-3H3. The van der Waals surface area contributed by atoms with Gasteiger partial charge in [-0.3, -0.25) is 0 Å². The lowest BCUT2D eigenvalue weighted by Gasteiger charge is -2.11. The third kappa shape index (κ3) is 3.46. The van der Waals surface area contributed by atoms with Gasteiger partial charge < -0.3 is 4.74 Å². The van der Waals surface area contributed by atoms with Gasteiger partial charge in [-0.15, -0.1) is 22.7 Å². The summed E-state index contributed by atoms with van der Waals surface area (Å²) in [7, 11) is -2.70. The van der Waals surface area contributed by atoms with E-state index < -0.39 is 22.0 Å². The molecule has 0 aromatic carbocycles. The molecule has 0 radical (unpaired) electrons. The Morgan fingerprint density at radius 1 is 1.43 bits per heavy atom. The van der Waals surface area contributed by atoms with Gasteiger partial charge in [-0.1, -0.05) is 0 Å². The molecular weight excluding hydrogens is 334 g/mol. The number of aromatic nitrogens is 2. The number of rotatable bonds is 5.